The van der Waals surface area contributed by atoms with E-state index in [0.29, 0.717) is 39.6 Å². The van der Waals surface area contributed by atoms with Crippen molar-refractivity contribution in [3.8, 4) is 11.3 Å². The molecular formula is C24H23Cl2N3O3. The fourth-order valence-electron chi connectivity index (χ4n) is 3.69. The second-order valence-corrected chi connectivity index (χ2v) is 8.65. The molecule has 0 radical (unpaired) electrons. The Morgan fingerprint density at radius 2 is 1.88 bits per heavy atom. The Labute approximate surface area is 196 Å². The minimum absolute atomic E-state index is 0.142. The first-order valence-electron chi connectivity index (χ1n) is 10.3. The Hall–Kier alpha value is -2.80. The Morgan fingerprint density at radius 3 is 2.59 bits per heavy atom. The van der Waals surface area contributed by atoms with Gasteiger partial charge in [0.1, 0.15) is 11.5 Å². The largest absolute Gasteiger partial charge is 0.451 e. The van der Waals surface area contributed by atoms with Gasteiger partial charge in [-0.1, -0.05) is 23.2 Å². The number of hydrogen-bond donors (Lipinski definition) is 2. The number of hydrogen-bond acceptors (Lipinski definition) is 5. The summed E-state index contributed by atoms with van der Waals surface area (Å²) < 4.78 is 5.70. The maximum absolute atomic E-state index is 12.6. The van der Waals surface area contributed by atoms with Gasteiger partial charge in [-0.25, -0.2) is 0 Å². The van der Waals surface area contributed by atoms with Gasteiger partial charge >= 0.3 is 0 Å². The van der Waals surface area contributed by atoms with Crippen molar-refractivity contribution in [1.82, 2.24) is 5.32 Å². The standard InChI is InChI=1S/C24H23Cl2N3O3/c1-15(30)13-27-18-10-11-29(14-18)19-5-3-17(4-6-19)28-24(31)23-9-8-22(32-23)20-7-2-16(25)12-21(20)26/h2-9,12,18,27H,10-11,13-14H2,1H3,(H,28,31). The average Bonchev–Trinajstić information content (AvgIpc) is 3.43. The van der Waals surface area contributed by atoms with Gasteiger partial charge in [0.15, 0.2) is 5.76 Å². The van der Waals surface area contributed by atoms with Gasteiger partial charge < -0.3 is 20.0 Å². The number of amides is 1. The number of rotatable bonds is 7. The molecule has 1 saturated heterocycles. The normalized spacial score (nSPS) is 15.7. The molecule has 0 bridgehead atoms. The quantitative estimate of drug-likeness (QED) is 0.491. The summed E-state index contributed by atoms with van der Waals surface area (Å²) in [5.74, 6) is 0.482. The summed E-state index contributed by atoms with van der Waals surface area (Å²) in [4.78, 5) is 26.0. The van der Waals surface area contributed by atoms with Crippen LogP contribution in [-0.2, 0) is 4.79 Å². The SMILES string of the molecule is CC(=O)CNC1CCN(c2ccc(NC(=O)c3ccc(-c4ccc(Cl)cc4Cl)o3)cc2)C1. The zero-order valence-corrected chi connectivity index (χ0v) is 19.0. The highest BCUT2D eigenvalue weighted by molar-refractivity contribution is 6.36. The number of ketones is 1. The Balaban J connectivity index is 1.36. The molecule has 1 aromatic heterocycles. The van der Waals surface area contributed by atoms with Gasteiger partial charge in [-0.3, -0.25) is 9.59 Å². The van der Waals surface area contributed by atoms with E-state index in [0.717, 1.165) is 25.2 Å². The van der Waals surface area contributed by atoms with E-state index >= 15 is 0 Å². The fraction of sp³-hybridized carbons (Fsp3) is 0.250. The van der Waals surface area contributed by atoms with Crippen LogP contribution in [0.5, 0.6) is 0 Å². The smallest absolute Gasteiger partial charge is 0.291 e. The minimum Gasteiger partial charge on any atom is -0.451 e. The van der Waals surface area contributed by atoms with E-state index in [1.165, 1.54) is 0 Å². The molecule has 32 heavy (non-hydrogen) atoms. The molecule has 1 atom stereocenters. The number of benzene rings is 2. The molecule has 0 aliphatic carbocycles. The van der Waals surface area contributed by atoms with Gasteiger partial charge in [-0.05, 0) is 67.9 Å². The maximum Gasteiger partial charge on any atom is 0.291 e. The maximum atomic E-state index is 12.6. The summed E-state index contributed by atoms with van der Waals surface area (Å²) in [5, 5.41) is 7.12. The summed E-state index contributed by atoms with van der Waals surface area (Å²) in [6.45, 7) is 3.76. The number of carbonyl (C=O) groups excluding carboxylic acids is 2. The number of Topliss-reactive ketones (excluding diaryl/α,β-unsaturated/α-hetero) is 1. The third kappa shape index (κ3) is 5.33. The first kappa shape index (κ1) is 22.4. The predicted molar refractivity (Wildman–Crippen MR) is 128 cm³/mol. The monoisotopic (exact) mass is 471 g/mol. The lowest BCUT2D eigenvalue weighted by Crippen LogP contribution is -2.35. The Bertz CT molecular complexity index is 1130. The molecule has 1 aliphatic heterocycles. The summed E-state index contributed by atoms with van der Waals surface area (Å²) in [6.07, 6.45) is 0.990. The van der Waals surface area contributed by atoms with Crippen molar-refractivity contribution >= 4 is 46.3 Å². The van der Waals surface area contributed by atoms with Gasteiger partial charge in [0.2, 0.25) is 0 Å². The molecule has 1 fully saturated rings. The Morgan fingerprint density at radius 1 is 1.09 bits per heavy atom. The van der Waals surface area contributed by atoms with E-state index < -0.39 is 0 Å². The van der Waals surface area contributed by atoms with E-state index in [9.17, 15) is 9.59 Å². The van der Waals surface area contributed by atoms with Crippen LogP contribution in [0.1, 0.15) is 23.9 Å². The number of carbonyl (C=O) groups is 2. The van der Waals surface area contributed by atoms with E-state index in [1.807, 2.05) is 24.3 Å². The van der Waals surface area contributed by atoms with Gasteiger partial charge in [-0.2, -0.15) is 0 Å². The molecule has 166 valence electrons. The molecule has 2 aromatic carbocycles. The first-order chi connectivity index (χ1) is 15.4. The lowest BCUT2D eigenvalue weighted by Gasteiger charge is -2.19. The van der Waals surface area contributed by atoms with E-state index in [2.05, 4.69) is 15.5 Å². The number of halogens is 2. The van der Waals surface area contributed by atoms with Gasteiger partial charge in [0.05, 0.1) is 11.6 Å². The molecule has 6 nitrogen and oxygen atoms in total. The van der Waals surface area contributed by atoms with Crippen molar-refractivity contribution in [3.05, 3.63) is 70.4 Å². The summed E-state index contributed by atoms with van der Waals surface area (Å²) in [6, 6.07) is 16.4. The second-order valence-electron chi connectivity index (χ2n) is 7.80. The van der Waals surface area contributed by atoms with Crippen LogP contribution in [0, 0.1) is 0 Å². The third-order valence-electron chi connectivity index (χ3n) is 5.34. The van der Waals surface area contributed by atoms with Gasteiger partial charge in [0.25, 0.3) is 5.91 Å². The van der Waals surface area contributed by atoms with Crippen LogP contribution < -0.4 is 15.5 Å². The predicted octanol–water partition coefficient (Wildman–Crippen LogP) is 5.26. The number of nitrogens with zero attached hydrogens (tertiary/aromatic N) is 1. The molecule has 1 unspecified atom stereocenters. The first-order valence-corrected chi connectivity index (χ1v) is 11.1. The zero-order valence-electron chi connectivity index (χ0n) is 17.5. The highest BCUT2D eigenvalue weighted by atomic mass is 35.5. The second kappa shape index (κ2) is 9.77. The average molecular weight is 472 g/mol. The van der Waals surface area contributed by atoms with Crippen LogP contribution in [0.4, 0.5) is 11.4 Å². The number of anilines is 2. The fourth-order valence-corrected chi connectivity index (χ4v) is 4.19. The number of nitrogens with one attached hydrogen (secondary N) is 2. The topological polar surface area (TPSA) is 74.6 Å². The van der Waals surface area contributed by atoms with E-state index in [4.69, 9.17) is 27.6 Å². The molecular weight excluding hydrogens is 449 g/mol. The van der Waals surface area contributed by atoms with Crippen LogP contribution in [-0.4, -0.2) is 37.4 Å². The lowest BCUT2D eigenvalue weighted by atomic mass is 10.2. The molecule has 1 amide bonds. The third-order valence-corrected chi connectivity index (χ3v) is 5.89. The Kier molecular flexibility index (Phi) is 6.84. The molecule has 8 heteroatoms. The van der Waals surface area contributed by atoms with Crippen molar-refractivity contribution < 1.29 is 14.0 Å². The summed E-state index contributed by atoms with van der Waals surface area (Å²) in [7, 11) is 0. The minimum atomic E-state index is -0.344. The highest BCUT2D eigenvalue weighted by Gasteiger charge is 2.22. The van der Waals surface area contributed by atoms with Crippen LogP contribution >= 0.6 is 23.2 Å². The molecule has 2 N–H and O–H groups in total. The van der Waals surface area contributed by atoms with Crippen molar-refractivity contribution in [3.63, 3.8) is 0 Å². The number of furan rings is 1. The van der Waals surface area contributed by atoms with E-state index in [-0.39, 0.29) is 17.5 Å². The van der Waals surface area contributed by atoms with E-state index in [1.54, 1.807) is 37.3 Å². The van der Waals surface area contributed by atoms with Crippen molar-refractivity contribution in [2.24, 2.45) is 0 Å². The zero-order chi connectivity index (χ0) is 22.7. The van der Waals surface area contributed by atoms with Crippen LogP contribution in [0.15, 0.2) is 59.0 Å². The molecule has 0 spiro atoms. The highest BCUT2D eigenvalue weighted by Crippen LogP contribution is 2.32. The van der Waals surface area contributed by atoms with Crippen molar-refractivity contribution in [2.75, 3.05) is 29.9 Å². The van der Waals surface area contributed by atoms with Crippen LogP contribution in [0.2, 0.25) is 10.0 Å². The van der Waals surface area contributed by atoms with Gasteiger partial charge in [-0.15, -0.1) is 0 Å². The lowest BCUT2D eigenvalue weighted by molar-refractivity contribution is -0.116. The molecule has 4 rings (SSSR count). The molecule has 0 saturated carbocycles. The summed E-state index contributed by atoms with van der Waals surface area (Å²) >= 11 is 12.2. The summed E-state index contributed by atoms with van der Waals surface area (Å²) in [5.41, 5.74) is 2.42. The van der Waals surface area contributed by atoms with Crippen LogP contribution in [0.3, 0.4) is 0 Å². The molecule has 2 heterocycles. The van der Waals surface area contributed by atoms with Gasteiger partial charge in [0, 0.05) is 41.1 Å². The van der Waals surface area contributed by atoms with Crippen LogP contribution in [0.25, 0.3) is 11.3 Å². The molecule has 1 aliphatic rings. The van der Waals surface area contributed by atoms with Crippen molar-refractivity contribution in [1.29, 1.82) is 0 Å². The van der Waals surface area contributed by atoms with Crippen molar-refractivity contribution in [2.45, 2.75) is 19.4 Å². The molecule has 3 aromatic rings.